The molecule has 3 rings (SSSR count). The van der Waals surface area contributed by atoms with Crippen molar-refractivity contribution in [3.63, 3.8) is 0 Å². The largest absolute Gasteiger partial charge is 0.308 e. The van der Waals surface area contributed by atoms with Gasteiger partial charge in [-0.3, -0.25) is 9.48 Å². The Morgan fingerprint density at radius 2 is 2.23 bits per heavy atom. The highest BCUT2D eigenvalue weighted by atomic mass is 16.2. The lowest BCUT2D eigenvalue weighted by molar-refractivity contribution is -0.118. The number of aryl methyl sites for hydroxylation is 1. The molecule has 0 aromatic carbocycles. The highest BCUT2D eigenvalue weighted by molar-refractivity contribution is 5.99. The minimum atomic E-state index is -0.0536. The quantitative estimate of drug-likeness (QED) is 0.867. The summed E-state index contributed by atoms with van der Waals surface area (Å²) in [6.07, 6.45) is 9.33. The molecule has 1 N–H and O–H groups in total. The lowest BCUT2D eigenvalue weighted by atomic mass is 9.80. The summed E-state index contributed by atoms with van der Waals surface area (Å²) in [5.41, 5.74) is 2.37. The first-order chi connectivity index (χ1) is 10.6. The van der Waals surface area contributed by atoms with Gasteiger partial charge in [0, 0.05) is 26.3 Å². The maximum absolute atomic E-state index is 12.6. The van der Waals surface area contributed by atoms with Crippen LogP contribution in [0.4, 0.5) is 5.69 Å². The van der Waals surface area contributed by atoms with Crippen molar-refractivity contribution in [3.8, 4) is 0 Å². The summed E-state index contributed by atoms with van der Waals surface area (Å²) in [7, 11) is 1.87. The minimum Gasteiger partial charge on any atom is -0.308 e. The summed E-state index contributed by atoms with van der Waals surface area (Å²) in [5.74, 6) is 1.44. The first-order valence-corrected chi connectivity index (χ1v) is 8.26. The zero-order valence-corrected chi connectivity index (χ0v) is 13.7. The van der Waals surface area contributed by atoms with Gasteiger partial charge in [0.1, 0.15) is 0 Å². The van der Waals surface area contributed by atoms with Gasteiger partial charge in [-0.05, 0) is 38.0 Å². The monoisotopic (exact) mass is 302 g/mol. The van der Waals surface area contributed by atoms with E-state index in [2.05, 4.69) is 30.3 Å². The summed E-state index contributed by atoms with van der Waals surface area (Å²) >= 11 is 0. The second kappa shape index (κ2) is 6.24. The van der Waals surface area contributed by atoms with Crippen molar-refractivity contribution in [3.05, 3.63) is 24.0 Å². The summed E-state index contributed by atoms with van der Waals surface area (Å²) in [6.45, 7) is 6.22. The number of carbonyl (C=O) groups excluding carboxylic acids is 1. The van der Waals surface area contributed by atoms with Crippen molar-refractivity contribution in [2.45, 2.75) is 39.2 Å². The van der Waals surface area contributed by atoms with E-state index in [-0.39, 0.29) is 11.9 Å². The third-order valence-corrected chi connectivity index (χ3v) is 5.15. The van der Waals surface area contributed by atoms with Crippen LogP contribution in [0.25, 0.3) is 0 Å². The van der Waals surface area contributed by atoms with E-state index in [1.165, 1.54) is 18.4 Å². The summed E-state index contributed by atoms with van der Waals surface area (Å²) in [5, 5.41) is 7.66. The molecule has 1 aliphatic carbocycles. The SMILES string of the molecule is CC1=CCC[C@H](C)[C@@H]1CN[C@H]1CCN(c2cnn(C)c2)C1=O. The molecule has 1 fully saturated rings. The average Bonchev–Trinajstić information content (AvgIpc) is 3.05. The Balaban J connectivity index is 1.59. The molecule has 1 saturated heterocycles. The van der Waals surface area contributed by atoms with Gasteiger partial charge in [-0.25, -0.2) is 0 Å². The van der Waals surface area contributed by atoms with E-state index in [1.54, 1.807) is 10.9 Å². The molecule has 3 atom stereocenters. The van der Waals surface area contributed by atoms with Crippen LogP contribution >= 0.6 is 0 Å². The Bertz CT molecular complexity index is 577. The minimum absolute atomic E-state index is 0.0536. The molecule has 2 aliphatic rings. The number of amides is 1. The number of nitrogens with one attached hydrogen (secondary N) is 1. The summed E-state index contributed by atoms with van der Waals surface area (Å²) < 4.78 is 1.74. The van der Waals surface area contributed by atoms with Gasteiger partial charge in [0.2, 0.25) is 5.91 Å². The Morgan fingerprint density at radius 3 is 2.91 bits per heavy atom. The summed E-state index contributed by atoms with van der Waals surface area (Å²) in [4.78, 5) is 14.4. The Hall–Kier alpha value is -1.62. The zero-order chi connectivity index (χ0) is 15.7. The third-order valence-electron chi connectivity index (χ3n) is 5.15. The molecule has 5 heteroatoms. The van der Waals surface area contributed by atoms with Crippen LogP contribution in [0.5, 0.6) is 0 Å². The standard InChI is InChI=1S/C17H26N4O/c1-12-5-4-6-13(2)15(12)10-18-16-7-8-21(17(16)22)14-9-19-20(3)11-14/h5,9,11,13,15-16,18H,4,6-8,10H2,1-3H3/t13-,15+,16-/m0/s1. The van der Waals surface area contributed by atoms with Gasteiger partial charge in [-0.15, -0.1) is 0 Å². The van der Waals surface area contributed by atoms with E-state index in [4.69, 9.17) is 0 Å². The Labute approximate surface area is 132 Å². The van der Waals surface area contributed by atoms with Crippen molar-refractivity contribution >= 4 is 11.6 Å². The van der Waals surface area contributed by atoms with Gasteiger partial charge in [0.15, 0.2) is 0 Å². The number of nitrogens with zero attached hydrogens (tertiary/aromatic N) is 3. The first-order valence-electron chi connectivity index (χ1n) is 8.26. The van der Waals surface area contributed by atoms with Crippen molar-refractivity contribution in [1.29, 1.82) is 0 Å². The topological polar surface area (TPSA) is 50.2 Å². The molecule has 0 spiro atoms. The number of allylic oxidation sites excluding steroid dienone is 1. The lowest BCUT2D eigenvalue weighted by Gasteiger charge is -2.30. The fourth-order valence-corrected chi connectivity index (χ4v) is 3.68. The van der Waals surface area contributed by atoms with Gasteiger partial charge in [0.25, 0.3) is 0 Å². The molecular weight excluding hydrogens is 276 g/mol. The second-order valence-electron chi connectivity index (χ2n) is 6.72. The number of carbonyl (C=O) groups is 1. The van der Waals surface area contributed by atoms with Crippen LogP contribution in [0, 0.1) is 11.8 Å². The van der Waals surface area contributed by atoms with Crippen LogP contribution in [0.2, 0.25) is 0 Å². The van der Waals surface area contributed by atoms with Crippen LogP contribution in [0.15, 0.2) is 24.0 Å². The predicted molar refractivity (Wildman–Crippen MR) is 87.6 cm³/mol. The normalized spacial score (nSPS) is 29.0. The van der Waals surface area contributed by atoms with E-state index in [9.17, 15) is 4.79 Å². The Morgan fingerprint density at radius 1 is 1.41 bits per heavy atom. The molecule has 0 saturated carbocycles. The van der Waals surface area contributed by atoms with Crippen molar-refractivity contribution in [1.82, 2.24) is 15.1 Å². The van der Waals surface area contributed by atoms with Crippen LogP contribution in [0.1, 0.15) is 33.1 Å². The van der Waals surface area contributed by atoms with Crippen LogP contribution in [0.3, 0.4) is 0 Å². The van der Waals surface area contributed by atoms with E-state index in [1.807, 2.05) is 18.1 Å². The number of hydrogen-bond acceptors (Lipinski definition) is 3. The molecule has 0 radical (unpaired) electrons. The summed E-state index contributed by atoms with van der Waals surface area (Å²) in [6, 6.07) is -0.0536. The first kappa shape index (κ1) is 15.3. The van der Waals surface area contributed by atoms with Crippen molar-refractivity contribution in [2.24, 2.45) is 18.9 Å². The van der Waals surface area contributed by atoms with E-state index in [0.29, 0.717) is 11.8 Å². The molecule has 2 heterocycles. The number of anilines is 1. The van der Waals surface area contributed by atoms with Gasteiger partial charge in [0.05, 0.1) is 17.9 Å². The fraction of sp³-hybridized carbons (Fsp3) is 0.647. The fourth-order valence-electron chi connectivity index (χ4n) is 3.68. The molecule has 1 aromatic rings. The zero-order valence-electron chi connectivity index (χ0n) is 13.7. The number of rotatable bonds is 4. The van der Waals surface area contributed by atoms with Crippen LogP contribution in [-0.2, 0) is 11.8 Å². The molecular formula is C17H26N4O. The molecule has 120 valence electrons. The highest BCUT2D eigenvalue weighted by Crippen LogP contribution is 2.30. The molecule has 5 nitrogen and oxygen atoms in total. The highest BCUT2D eigenvalue weighted by Gasteiger charge is 2.34. The Kier molecular flexibility index (Phi) is 4.34. The van der Waals surface area contributed by atoms with E-state index < -0.39 is 0 Å². The molecule has 1 amide bonds. The van der Waals surface area contributed by atoms with Gasteiger partial charge >= 0.3 is 0 Å². The third kappa shape index (κ3) is 2.95. The van der Waals surface area contributed by atoms with E-state index >= 15 is 0 Å². The predicted octanol–water partition coefficient (Wildman–Crippen LogP) is 2.11. The maximum atomic E-state index is 12.6. The van der Waals surface area contributed by atoms with Gasteiger partial charge < -0.3 is 10.2 Å². The van der Waals surface area contributed by atoms with Gasteiger partial charge in [-0.2, -0.15) is 5.10 Å². The van der Waals surface area contributed by atoms with Crippen molar-refractivity contribution < 1.29 is 4.79 Å². The van der Waals surface area contributed by atoms with Crippen molar-refractivity contribution in [2.75, 3.05) is 18.0 Å². The van der Waals surface area contributed by atoms with Crippen LogP contribution < -0.4 is 10.2 Å². The molecule has 0 bridgehead atoms. The lowest BCUT2D eigenvalue weighted by Crippen LogP contribution is -2.42. The smallest absolute Gasteiger partial charge is 0.244 e. The second-order valence-corrected chi connectivity index (χ2v) is 6.72. The maximum Gasteiger partial charge on any atom is 0.244 e. The average molecular weight is 302 g/mol. The number of hydrogen-bond donors (Lipinski definition) is 1. The molecule has 1 aromatic heterocycles. The van der Waals surface area contributed by atoms with E-state index in [0.717, 1.165) is 25.2 Å². The molecule has 22 heavy (non-hydrogen) atoms. The molecule has 1 aliphatic heterocycles. The number of aromatic nitrogens is 2. The van der Waals surface area contributed by atoms with Crippen LogP contribution in [-0.4, -0.2) is 34.8 Å². The van der Waals surface area contributed by atoms with Gasteiger partial charge in [-0.1, -0.05) is 18.6 Å². The molecule has 0 unspecified atom stereocenters.